The predicted molar refractivity (Wildman–Crippen MR) is 89.7 cm³/mol. The number of pyridine rings is 1. The average molecular weight is 359 g/mol. The Morgan fingerprint density at radius 3 is 2.19 bits per heavy atom. The third-order valence-electron chi connectivity index (χ3n) is 4.76. The van der Waals surface area contributed by atoms with Gasteiger partial charge in [0.2, 0.25) is 0 Å². The highest BCUT2D eigenvalue weighted by Crippen LogP contribution is 2.37. The minimum absolute atomic E-state index is 0.268. The molecule has 8 heteroatoms. The van der Waals surface area contributed by atoms with Crippen molar-refractivity contribution in [2.75, 3.05) is 0 Å². The Labute approximate surface area is 150 Å². The monoisotopic (exact) mass is 359 g/mol. The summed E-state index contributed by atoms with van der Waals surface area (Å²) in [4.78, 5) is 29.3. The number of aromatic nitrogens is 3. The van der Waals surface area contributed by atoms with Gasteiger partial charge in [-0.25, -0.2) is 9.30 Å². The summed E-state index contributed by atoms with van der Waals surface area (Å²) in [5.74, 6) is -4.64. The van der Waals surface area contributed by atoms with Gasteiger partial charge in [-0.1, -0.05) is 0 Å². The first-order valence-electron chi connectivity index (χ1n) is 8.25. The molecule has 0 saturated carbocycles. The van der Waals surface area contributed by atoms with Crippen LogP contribution in [-0.4, -0.2) is 27.3 Å². The first-order valence-corrected chi connectivity index (χ1v) is 8.25. The van der Waals surface area contributed by atoms with Gasteiger partial charge in [-0.3, -0.25) is 14.6 Å². The normalized spacial score (nSPS) is 18.3. The van der Waals surface area contributed by atoms with Gasteiger partial charge in [-0.15, -0.1) is 0 Å². The fourth-order valence-electron chi connectivity index (χ4n) is 3.27. The van der Waals surface area contributed by atoms with Crippen molar-refractivity contribution in [1.82, 2.24) is 9.55 Å². The van der Waals surface area contributed by atoms with Crippen LogP contribution in [0.2, 0.25) is 0 Å². The highest BCUT2D eigenvalue weighted by atomic mass is 16.7. The number of rotatable bonds is 3. The van der Waals surface area contributed by atoms with E-state index in [1.807, 2.05) is 0 Å². The molecule has 0 N–H and O–H groups in total. The number of hydrogen-bond acceptors (Lipinski definition) is 6. The highest BCUT2D eigenvalue weighted by molar-refractivity contribution is 5.98. The number of nitrogens with zero attached hydrogens (tertiary/aromatic N) is 3. The second-order valence-corrected chi connectivity index (χ2v) is 6.86. The highest BCUT2D eigenvalue weighted by Gasteiger charge is 2.51. The summed E-state index contributed by atoms with van der Waals surface area (Å²) >= 11 is 0. The number of carbonyl (C=O) groups excluding carboxylic acids is 2. The summed E-state index contributed by atoms with van der Waals surface area (Å²) < 4.78 is 13.0. The summed E-state index contributed by atoms with van der Waals surface area (Å²) in [5.41, 5.74) is 1.84. The van der Waals surface area contributed by atoms with E-state index in [9.17, 15) is 14.8 Å². The van der Waals surface area contributed by atoms with E-state index in [4.69, 9.17) is 9.47 Å². The van der Waals surface area contributed by atoms with E-state index >= 15 is 0 Å². The standard InChI is InChI=1S/C18H21N3O5/c1-10-11(2)21(24)15(20(10)5)13(12-6-8-19-9-7-12)14-16(22)25-18(3,4)26-17(14)23/h6-9,13-14H,1-5H3. The Morgan fingerprint density at radius 2 is 1.73 bits per heavy atom. The number of esters is 2. The van der Waals surface area contributed by atoms with Crippen LogP contribution in [0.3, 0.4) is 0 Å². The van der Waals surface area contributed by atoms with Crippen molar-refractivity contribution in [3.63, 3.8) is 0 Å². The largest absolute Gasteiger partial charge is 0.711 e. The van der Waals surface area contributed by atoms with E-state index in [-0.39, 0.29) is 5.82 Å². The molecule has 0 aliphatic carbocycles. The molecule has 1 aliphatic heterocycles. The van der Waals surface area contributed by atoms with E-state index in [0.29, 0.717) is 11.3 Å². The fourth-order valence-corrected chi connectivity index (χ4v) is 3.27. The van der Waals surface area contributed by atoms with Crippen molar-refractivity contribution < 1.29 is 23.8 Å². The maximum atomic E-state index is 12.8. The lowest BCUT2D eigenvalue weighted by Gasteiger charge is -2.35. The fraction of sp³-hybridized carbons (Fsp3) is 0.444. The zero-order valence-corrected chi connectivity index (χ0v) is 15.3. The van der Waals surface area contributed by atoms with Crippen LogP contribution in [0.15, 0.2) is 24.5 Å². The maximum Gasteiger partial charge on any atom is 0.324 e. The van der Waals surface area contributed by atoms with Gasteiger partial charge < -0.3 is 14.7 Å². The number of imidazole rings is 1. The van der Waals surface area contributed by atoms with Crippen LogP contribution < -0.4 is 4.73 Å². The van der Waals surface area contributed by atoms with Gasteiger partial charge in [-0.2, -0.15) is 0 Å². The van der Waals surface area contributed by atoms with Gasteiger partial charge in [0.15, 0.2) is 5.92 Å². The molecule has 0 aromatic carbocycles. The Bertz CT molecular complexity index is 827. The lowest BCUT2D eigenvalue weighted by molar-refractivity contribution is -0.621. The Hall–Kier alpha value is -2.90. The molecule has 1 saturated heterocycles. The molecule has 2 aromatic heterocycles. The summed E-state index contributed by atoms with van der Waals surface area (Å²) in [6.45, 7) is 6.48. The molecule has 1 aliphatic rings. The molecule has 0 radical (unpaired) electrons. The minimum atomic E-state index is -1.33. The van der Waals surface area contributed by atoms with E-state index in [1.165, 1.54) is 13.8 Å². The van der Waals surface area contributed by atoms with E-state index in [1.54, 1.807) is 50.0 Å². The van der Waals surface area contributed by atoms with E-state index in [0.717, 1.165) is 10.4 Å². The second kappa shape index (κ2) is 6.12. The summed E-state index contributed by atoms with van der Waals surface area (Å²) in [5, 5.41) is 12.8. The van der Waals surface area contributed by atoms with E-state index < -0.39 is 29.6 Å². The Balaban J connectivity index is 2.20. The van der Waals surface area contributed by atoms with Gasteiger partial charge in [0.25, 0.3) is 11.6 Å². The first kappa shape index (κ1) is 17.9. The lowest BCUT2D eigenvalue weighted by Crippen LogP contribution is -2.50. The molecule has 3 rings (SSSR count). The summed E-state index contributed by atoms with van der Waals surface area (Å²) in [6.07, 6.45) is 3.09. The molecule has 1 unspecified atom stereocenters. The molecule has 0 amide bonds. The predicted octanol–water partition coefficient (Wildman–Crippen LogP) is 1.25. The van der Waals surface area contributed by atoms with Gasteiger partial charge in [0.05, 0.1) is 7.05 Å². The van der Waals surface area contributed by atoms with Crippen molar-refractivity contribution in [1.29, 1.82) is 0 Å². The lowest BCUT2D eigenvalue weighted by atomic mass is 9.84. The van der Waals surface area contributed by atoms with Crippen molar-refractivity contribution in [3.8, 4) is 0 Å². The smallest absolute Gasteiger partial charge is 0.324 e. The molecule has 3 heterocycles. The Morgan fingerprint density at radius 1 is 1.19 bits per heavy atom. The van der Waals surface area contributed by atoms with Crippen LogP contribution >= 0.6 is 0 Å². The first-order chi connectivity index (χ1) is 12.1. The van der Waals surface area contributed by atoms with E-state index in [2.05, 4.69) is 4.98 Å². The van der Waals surface area contributed by atoms with Crippen LogP contribution in [0.4, 0.5) is 0 Å². The average Bonchev–Trinajstić information content (AvgIpc) is 2.75. The molecule has 1 atom stereocenters. The van der Waals surface area contributed by atoms with Gasteiger partial charge in [-0.05, 0) is 17.7 Å². The molecule has 138 valence electrons. The van der Waals surface area contributed by atoms with Crippen LogP contribution in [-0.2, 0) is 26.1 Å². The zero-order chi connectivity index (χ0) is 19.2. The van der Waals surface area contributed by atoms with Crippen molar-refractivity contribution in [2.45, 2.75) is 39.4 Å². The van der Waals surface area contributed by atoms with Gasteiger partial charge in [0, 0.05) is 40.1 Å². The maximum absolute atomic E-state index is 12.8. The molecular formula is C18H21N3O5. The zero-order valence-electron chi connectivity index (χ0n) is 15.3. The molecular weight excluding hydrogens is 338 g/mol. The summed E-state index contributed by atoms with van der Waals surface area (Å²) in [6, 6.07) is 3.34. The number of ether oxygens (including phenoxy) is 2. The molecule has 2 aromatic rings. The third-order valence-corrected chi connectivity index (χ3v) is 4.76. The van der Waals surface area contributed by atoms with Crippen molar-refractivity contribution in [2.24, 2.45) is 13.0 Å². The van der Waals surface area contributed by atoms with Crippen LogP contribution in [0.5, 0.6) is 0 Å². The third kappa shape index (κ3) is 2.81. The SMILES string of the molecule is Cc1c(C)[n+]([O-])c(C(c2ccncc2)C2C(=O)OC(C)(C)OC2=O)n1C. The molecule has 8 nitrogen and oxygen atoms in total. The number of hydrogen-bond donors (Lipinski definition) is 0. The van der Waals surface area contributed by atoms with Crippen molar-refractivity contribution >= 4 is 11.9 Å². The molecule has 26 heavy (non-hydrogen) atoms. The van der Waals surface area contributed by atoms with Crippen molar-refractivity contribution in [3.05, 3.63) is 52.5 Å². The van der Waals surface area contributed by atoms with Crippen LogP contribution in [0.1, 0.15) is 42.5 Å². The number of cyclic esters (lactones) is 2. The quantitative estimate of drug-likeness (QED) is 0.354. The molecule has 0 bridgehead atoms. The van der Waals surface area contributed by atoms with Crippen LogP contribution in [0, 0.1) is 25.0 Å². The molecule has 0 spiro atoms. The summed E-state index contributed by atoms with van der Waals surface area (Å²) in [7, 11) is 1.73. The van der Waals surface area contributed by atoms with Gasteiger partial charge >= 0.3 is 11.9 Å². The second-order valence-electron chi connectivity index (χ2n) is 6.86. The molecule has 1 fully saturated rings. The van der Waals surface area contributed by atoms with Crippen LogP contribution in [0.25, 0.3) is 0 Å². The topological polar surface area (TPSA) is 97.4 Å². The minimum Gasteiger partial charge on any atom is -0.711 e. The van der Waals surface area contributed by atoms with Gasteiger partial charge in [0.1, 0.15) is 17.3 Å². The Kier molecular flexibility index (Phi) is 4.21. The number of carbonyl (C=O) groups is 2.